The fraction of sp³-hybridized carbons (Fsp3) is 0.214. The van der Waals surface area contributed by atoms with Crippen LogP contribution in [0.15, 0.2) is 30.3 Å². The summed E-state index contributed by atoms with van der Waals surface area (Å²) in [4.78, 5) is 11.1. The molecule has 16 heavy (non-hydrogen) atoms. The second kappa shape index (κ2) is 3.97. The molecule has 2 heteroatoms. The molecule has 0 fully saturated rings. The van der Waals surface area contributed by atoms with Gasteiger partial charge in [0.1, 0.15) is 0 Å². The summed E-state index contributed by atoms with van der Waals surface area (Å²) in [6, 6.07) is 9.70. The highest BCUT2D eigenvalue weighted by Crippen LogP contribution is 2.24. The Morgan fingerprint density at radius 3 is 2.56 bits per heavy atom. The van der Waals surface area contributed by atoms with Crippen LogP contribution in [0, 0.1) is 6.92 Å². The number of benzene rings is 2. The summed E-state index contributed by atoms with van der Waals surface area (Å²) in [5, 5.41) is 11.3. The lowest BCUT2D eigenvalue weighted by Gasteiger charge is -2.09. The number of fused-ring (bicyclic) bond motifs is 1. The van der Waals surface area contributed by atoms with E-state index in [1.54, 1.807) is 6.07 Å². The van der Waals surface area contributed by atoms with E-state index >= 15 is 0 Å². The van der Waals surface area contributed by atoms with Crippen LogP contribution in [-0.4, -0.2) is 11.1 Å². The molecule has 2 aromatic rings. The minimum Gasteiger partial charge on any atom is -0.478 e. The van der Waals surface area contributed by atoms with Gasteiger partial charge in [-0.15, -0.1) is 0 Å². The van der Waals surface area contributed by atoms with Gasteiger partial charge >= 0.3 is 5.97 Å². The second-order valence-corrected chi connectivity index (χ2v) is 3.97. The first kappa shape index (κ1) is 10.7. The second-order valence-electron chi connectivity index (χ2n) is 3.97. The highest BCUT2D eigenvalue weighted by molar-refractivity contribution is 5.98. The van der Waals surface area contributed by atoms with E-state index in [0.717, 1.165) is 28.3 Å². The van der Waals surface area contributed by atoms with Crippen molar-refractivity contribution in [3.8, 4) is 0 Å². The molecule has 0 aliphatic rings. The van der Waals surface area contributed by atoms with Crippen LogP contribution < -0.4 is 0 Å². The predicted octanol–water partition coefficient (Wildman–Crippen LogP) is 3.41. The Bertz CT molecular complexity index is 556. The lowest BCUT2D eigenvalue weighted by Crippen LogP contribution is -2.02. The number of aryl methyl sites for hydroxylation is 2. The molecule has 1 N–H and O–H groups in total. The molecule has 0 saturated carbocycles. The van der Waals surface area contributed by atoms with Crippen molar-refractivity contribution in [2.45, 2.75) is 20.3 Å². The van der Waals surface area contributed by atoms with Crippen molar-refractivity contribution >= 4 is 16.7 Å². The van der Waals surface area contributed by atoms with E-state index < -0.39 is 5.97 Å². The summed E-state index contributed by atoms with van der Waals surface area (Å²) in [6.45, 7) is 4.01. The lowest BCUT2D eigenvalue weighted by atomic mass is 9.96. The normalized spacial score (nSPS) is 10.6. The standard InChI is InChI=1S/C14H14O2/c1-3-11-12(14(15)16)7-6-10-5-4-9(2)8-13(10)11/h4-8H,3H2,1-2H3,(H,15,16). The molecule has 2 aromatic carbocycles. The molecule has 0 aliphatic carbocycles. The maximum atomic E-state index is 11.1. The molecular formula is C14H14O2. The highest BCUT2D eigenvalue weighted by Gasteiger charge is 2.11. The number of carboxylic acids is 1. The number of carbonyl (C=O) groups is 1. The molecule has 0 atom stereocenters. The van der Waals surface area contributed by atoms with Crippen molar-refractivity contribution in [3.63, 3.8) is 0 Å². The number of aromatic carboxylic acids is 1. The Labute approximate surface area is 94.5 Å². The van der Waals surface area contributed by atoms with Crippen LogP contribution in [0.1, 0.15) is 28.4 Å². The number of rotatable bonds is 2. The van der Waals surface area contributed by atoms with E-state index in [1.165, 1.54) is 0 Å². The first-order valence-corrected chi connectivity index (χ1v) is 5.39. The van der Waals surface area contributed by atoms with Crippen molar-refractivity contribution in [2.75, 3.05) is 0 Å². The van der Waals surface area contributed by atoms with Crippen LogP contribution in [-0.2, 0) is 6.42 Å². The summed E-state index contributed by atoms with van der Waals surface area (Å²) in [5.41, 5.74) is 2.50. The molecule has 0 heterocycles. The average molecular weight is 214 g/mol. The van der Waals surface area contributed by atoms with Gasteiger partial charge in [0.05, 0.1) is 5.56 Å². The van der Waals surface area contributed by atoms with Gasteiger partial charge < -0.3 is 5.11 Å². The third kappa shape index (κ3) is 1.67. The van der Waals surface area contributed by atoms with Crippen LogP contribution in [0.5, 0.6) is 0 Å². The minimum absolute atomic E-state index is 0.417. The van der Waals surface area contributed by atoms with E-state index in [-0.39, 0.29) is 0 Å². The van der Waals surface area contributed by atoms with Crippen LogP contribution in [0.2, 0.25) is 0 Å². The third-order valence-corrected chi connectivity index (χ3v) is 2.87. The SMILES string of the molecule is CCc1c(C(=O)O)ccc2ccc(C)cc12. The Kier molecular flexibility index (Phi) is 2.65. The number of hydrogen-bond acceptors (Lipinski definition) is 1. The highest BCUT2D eigenvalue weighted by atomic mass is 16.4. The molecule has 0 radical (unpaired) electrons. The van der Waals surface area contributed by atoms with Crippen LogP contribution in [0.3, 0.4) is 0 Å². The van der Waals surface area contributed by atoms with Gasteiger partial charge in [-0.05, 0) is 35.7 Å². The van der Waals surface area contributed by atoms with Gasteiger partial charge in [0.15, 0.2) is 0 Å². The van der Waals surface area contributed by atoms with Gasteiger partial charge in [0.25, 0.3) is 0 Å². The fourth-order valence-corrected chi connectivity index (χ4v) is 2.08. The van der Waals surface area contributed by atoms with Crippen LogP contribution in [0.4, 0.5) is 0 Å². The summed E-state index contributed by atoms with van der Waals surface area (Å²) in [6.07, 6.45) is 0.739. The van der Waals surface area contributed by atoms with Gasteiger partial charge in [-0.2, -0.15) is 0 Å². The largest absolute Gasteiger partial charge is 0.478 e. The summed E-state index contributed by atoms with van der Waals surface area (Å²) in [7, 11) is 0. The topological polar surface area (TPSA) is 37.3 Å². The Hall–Kier alpha value is -1.83. The third-order valence-electron chi connectivity index (χ3n) is 2.87. The molecule has 2 rings (SSSR count). The molecule has 0 spiro atoms. The maximum Gasteiger partial charge on any atom is 0.335 e. The first-order valence-electron chi connectivity index (χ1n) is 5.39. The summed E-state index contributed by atoms with van der Waals surface area (Å²) in [5.74, 6) is -0.847. The van der Waals surface area contributed by atoms with Crippen LogP contribution in [0.25, 0.3) is 10.8 Å². The summed E-state index contributed by atoms with van der Waals surface area (Å²) >= 11 is 0. The van der Waals surface area contributed by atoms with Crippen molar-refractivity contribution in [1.29, 1.82) is 0 Å². The zero-order valence-corrected chi connectivity index (χ0v) is 9.45. The molecule has 2 nitrogen and oxygen atoms in total. The molecule has 0 aromatic heterocycles. The van der Waals surface area contributed by atoms with E-state index in [2.05, 4.69) is 6.07 Å². The smallest absolute Gasteiger partial charge is 0.335 e. The fourth-order valence-electron chi connectivity index (χ4n) is 2.08. The predicted molar refractivity (Wildman–Crippen MR) is 65.0 cm³/mol. The zero-order valence-electron chi connectivity index (χ0n) is 9.45. The van der Waals surface area contributed by atoms with Crippen LogP contribution >= 0.6 is 0 Å². The van der Waals surface area contributed by atoms with Gasteiger partial charge in [-0.3, -0.25) is 0 Å². The molecule has 0 bridgehead atoms. The van der Waals surface area contributed by atoms with Gasteiger partial charge in [-0.1, -0.05) is 36.8 Å². The monoisotopic (exact) mass is 214 g/mol. The number of carboxylic acid groups (broad SMARTS) is 1. The van der Waals surface area contributed by atoms with Crippen molar-refractivity contribution in [3.05, 3.63) is 47.0 Å². The Balaban J connectivity index is 2.83. The zero-order chi connectivity index (χ0) is 11.7. The van der Waals surface area contributed by atoms with Gasteiger partial charge in [0.2, 0.25) is 0 Å². The van der Waals surface area contributed by atoms with E-state index in [0.29, 0.717) is 5.56 Å². The quantitative estimate of drug-likeness (QED) is 0.831. The molecule has 82 valence electrons. The summed E-state index contributed by atoms with van der Waals surface area (Å²) < 4.78 is 0. The van der Waals surface area contributed by atoms with E-state index in [9.17, 15) is 4.79 Å². The minimum atomic E-state index is -0.847. The molecular weight excluding hydrogens is 200 g/mol. The van der Waals surface area contributed by atoms with E-state index in [4.69, 9.17) is 5.11 Å². The molecule has 0 aliphatic heterocycles. The molecule has 0 amide bonds. The lowest BCUT2D eigenvalue weighted by molar-refractivity contribution is 0.0696. The molecule has 0 unspecified atom stereocenters. The maximum absolute atomic E-state index is 11.1. The molecule has 0 saturated heterocycles. The Morgan fingerprint density at radius 2 is 1.94 bits per heavy atom. The van der Waals surface area contributed by atoms with Crippen molar-refractivity contribution in [1.82, 2.24) is 0 Å². The van der Waals surface area contributed by atoms with Gasteiger partial charge in [-0.25, -0.2) is 4.79 Å². The van der Waals surface area contributed by atoms with Gasteiger partial charge in [0, 0.05) is 0 Å². The average Bonchev–Trinajstić information content (AvgIpc) is 2.27. The van der Waals surface area contributed by atoms with Crippen molar-refractivity contribution < 1.29 is 9.90 Å². The Morgan fingerprint density at radius 1 is 1.25 bits per heavy atom. The first-order chi connectivity index (χ1) is 7.63. The number of hydrogen-bond donors (Lipinski definition) is 1. The van der Waals surface area contributed by atoms with Crippen molar-refractivity contribution in [2.24, 2.45) is 0 Å². The van der Waals surface area contributed by atoms with E-state index in [1.807, 2.05) is 32.0 Å².